The highest BCUT2D eigenvalue weighted by molar-refractivity contribution is 8.00. The maximum atomic E-state index is 5.46. The molecule has 3 rings (SSSR count). The third-order valence-corrected chi connectivity index (χ3v) is 7.21. The number of fused-ring (bicyclic) bond motifs is 1. The fourth-order valence-corrected chi connectivity index (χ4v) is 5.18. The molecule has 1 unspecified atom stereocenters. The van der Waals surface area contributed by atoms with Crippen LogP contribution in [0.5, 0.6) is 11.5 Å². The van der Waals surface area contributed by atoms with E-state index in [1.807, 2.05) is 7.05 Å². The predicted molar refractivity (Wildman–Crippen MR) is 118 cm³/mol. The molecule has 6 nitrogen and oxygen atoms in total. The maximum absolute atomic E-state index is 5.46. The summed E-state index contributed by atoms with van der Waals surface area (Å²) in [5.74, 6) is 3.80. The number of nitrogens with zero attached hydrogens (tertiary/aromatic N) is 2. The van der Waals surface area contributed by atoms with Gasteiger partial charge in [0.05, 0.1) is 14.2 Å². The van der Waals surface area contributed by atoms with Gasteiger partial charge in [0.1, 0.15) is 0 Å². The van der Waals surface area contributed by atoms with Crippen LogP contribution in [0.3, 0.4) is 0 Å². The Morgan fingerprint density at radius 1 is 1.21 bits per heavy atom. The van der Waals surface area contributed by atoms with Crippen molar-refractivity contribution in [3.63, 3.8) is 0 Å². The predicted octanol–water partition coefficient (Wildman–Crippen LogP) is 2.51. The van der Waals surface area contributed by atoms with E-state index in [4.69, 9.17) is 9.47 Å². The summed E-state index contributed by atoms with van der Waals surface area (Å²) in [4.78, 5) is 6.85. The fraction of sp³-hybridized carbons (Fsp3) is 0.667. The molecule has 2 aliphatic heterocycles. The first-order chi connectivity index (χ1) is 13.6. The van der Waals surface area contributed by atoms with Gasteiger partial charge >= 0.3 is 0 Å². The number of guanidine groups is 1. The van der Waals surface area contributed by atoms with E-state index in [2.05, 4.69) is 51.3 Å². The van der Waals surface area contributed by atoms with Gasteiger partial charge in [-0.2, -0.15) is 11.8 Å². The molecule has 0 amide bonds. The van der Waals surface area contributed by atoms with Crippen LogP contribution in [0.2, 0.25) is 0 Å². The van der Waals surface area contributed by atoms with Gasteiger partial charge < -0.3 is 20.1 Å². The van der Waals surface area contributed by atoms with Gasteiger partial charge in [0.15, 0.2) is 17.5 Å². The standard InChI is InChI=1S/C21H34N4O2S/c1-21(7-5-11-28-21)15-24-20(22-2)23-8-10-25-9-6-16-12-18(26-3)19(27-4)13-17(16)14-25/h12-13H,5-11,14-15H2,1-4H3,(H2,22,23,24). The summed E-state index contributed by atoms with van der Waals surface area (Å²) in [7, 11) is 5.23. The van der Waals surface area contributed by atoms with Gasteiger partial charge in [0.2, 0.25) is 0 Å². The Morgan fingerprint density at radius 3 is 2.61 bits per heavy atom. The first-order valence-corrected chi connectivity index (χ1v) is 11.1. The topological polar surface area (TPSA) is 58.1 Å². The molecule has 28 heavy (non-hydrogen) atoms. The van der Waals surface area contributed by atoms with Gasteiger partial charge in [-0.3, -0.25) is 9.89 Å². The van der Waals surface area contributed by atoms with Gasteiger partial charge in [-0.25, -0.2) is 0 Å². The van der Waals surface area contributed by atoms with E-state index >= 15 is 0 Å². The van der Waals surface area contributed by atoms with Crippen molar-refractivity contribution in [1.82, 2.24) is 15.5 Å². The molecule has 0 aliphatic carbocycles. The SMILES string of the molecule is CN=C(NCCN1CCc2cc(OC)c(OC)cc2C1)NCC1(C)CCCS1. The average molecular weight is 407 g/mol. The van der Waals surface area contributed by atoms with Crippen LogP contribution in [-0.4, -0.2) is 68.8 Å². The van der Waals surface area contributed by atoms with E-state index in [0.29, 0.717) is 4.75 Å². The molecule has 1 aromatic rings. The second-order valence-electron chi connectivity index (χ2n) is 7.76. The molecule has 1 fully saturated rings. The lowest BCUT2D eigenvalue weighted by atomic mass is 9.99. The summed E-state index contributed by atoms with van der Waals surface area (Å²) >= 11 is 2.07. The quantitative estimate of drug-likeness (QED) is 0.536. The Labute approximate surface area is 173 Å². The number of hydrogen-bond acceptors (Lipinski definition) is 5. The molecule has 2 heterocycles. The molecule has 1 atom stereocenters. The normalized spacial score (nSPS) is 22.6. The van der Waals surface area contributed by atoms with Crippen molar-refractivity contribution in [3.8, 4) is 11.5 Å². The van der Waals surface area contributed by atoms with Crippen LogP contribution in [-0.2, 0) is 13.0 Å². The van der Waals surface area contributed by atoms with Crippen molar-refractivity contribution in [1.29, 1.82) is 0 Å². The second kappa shape index (κ2) is 9.74. The molecular formula is C21H34N4O2S. The van der Waals surface area contributed by atoms with Crippen molar-refractivity contribution < 1.29 is 9.47 Å². The molecule has 0 bridgehead atoms. The maximum Gasteiger partial charge on any atom is 0.191 e. The molecule has 0 saturated carbocycles. The van der Waals surface area contributed by atoms with Crippen molar-refractivity contribution in [2.45, 2.75) is 37.5 Å². The fourth-order valence-electron chi connectivity index (χ4n) is 3.93. The molecule has 2 aliphatic rings. The lowest BCUT2D eigenvalue weighted by Crippen LogP contribution is -2.46. The first-order valence-electron chi connectivity index (χ1n) is 10.1. The van der Waals surface area contributed by atoms with Gasteiger partial charge in [-0.05, 0) is 55.2 Å². The Morgan fingerprint density at radius 2 is 1.96 bits per heavy atom. The van der Waals surface area contributed by atoms with Crippen molar-refractivity contribution in [3.05, 3.63) is 23.3 Å². The van der Waals surface area contributed by atoms with Gasteiger partial charge in [0.25, 0.3) is 0 Å². The number of rotatable bonds is 7. The minimum Gasteiger partial charge on any atom is -0.493 e. The van der Waals surface area contributed by atoms with Crippen LogP contribution < -0.4 is 20.1 Å². The zero-order chi connectivity index (χ0) is 20.0. The number of thioether (sulfide) groups is 1. The van der Waals surface area contributed by atoms with E-state index in [1.165, 1.54) is 29.7 Å². The summed E-state index contributed by atoms with van der Waals surface area (Å²) < 4.78 is 11.2. The van der Waals surface area contributed by atoms with Crippen LogP contribution in [0, 0.1) is 0 Å². The van der Waals surface area contributed by atoms with E-state index in [1.54, 1.807) is 14.2 Å². The van der Waals surface area contributed by atoms with Crippen molar-refractivity contribution in [2.24, 2.45) is 4.99 Å². The second-order valence-corrected chi connectivity index (χ2v) is 9.44. The highest BCUT2D eigenvalue weighted by Gasteiger charge is 2.29. The molecule has 1 saturated heterocycles. The largest absolute Gasteiger partial charge is 0.493 e. The molecular weight excluding hydrogens is 372 g/mol. The molecule has 1 aromatic carbocycles. The average Bonchev–Trinajstić information content (AvgIpc) is 3.16. The third kappa shape index (κ3) is 5.26. The van der Waals surface area contributed by atoms with E-state index in [0.717, 1.165) is 56.6 Å². The molecule has 0 spiro atoms. The zero-order valence-corrected chi connectivity index (χ0v) is 18.5. The van der Waals surface area contributed by atoms with Gasteiger partial charge in [0, 0.05) is 44.5 Å². The lowest BCUT2D eigenvalue weighted by Gasteiger charge is -2.30. The Hall–Kier alpha value is -1.60. The van der Waals surface area contributed by atoms with Crippen LogP contribution in [0.15, 0.2) is 17.1 Å². The van der Waals surface area contributed by atoms with Crippen LogP contribution >= 0.6 is 11.8 Å². The molecule has 0 radical (unpaired) electrons. The molecule has 0 aromatic heterocycles. The molecule has 7 heteroatoms. The van der Waals surface area contributed by atoms with Crippen LogP contribution in [0.25, 0.3) is 0 Å². The minimum atomic E-state index is 0.342. The molecule has 2 N–H and O–H groups in total. The Balaban J connectivity index is 1.46. The zero-order valence-electron chi connectivity index (χ0n) is 17.6. The Bertz CT molecular complexity index is 689. The van der Waals surface area contributed by atoms with Gasteiger partial charge in [-0.1, -0.05) is 0 Å². The summed E-state index contributed by atoms with van der Waals surface area (Å²) in [5.41, 5.74) is 2.69. The lowest BCUT2D eigenvalue weighted by molar-refractivity contribution is 0.256. The number of ether oxygens (including phenoxy) is 2. The highest BCUT2D eigenvalue weighted by Crippen LogP contribution is 2.37. The summed E-state index contributed by atoms with van der Waals surface area (Å²) in [6.45, 7) is 7.19. The summed E-state index contributed by atoms with van der Waals surface area (Å²) in [6.07, 6.45) is 3.64. The van der Waals surface area contributed by atoms with Crippen molar-refractivity contribution >= 4 is 17.7 Å². The van der Waals surface area contributed by atoms with Gasteiger partial charge in [-0.15, -0.1) is 0 Å². The van der Waals surface area contributed by atoms with Crippen LogP contribution in [0.4, 0.5) is 0 Å². The van der Waals surface area contributed by atoms with E-state index < -0.39 is 0 Å². The number of hydrogen-bond donors (Lipinski definition) is 2. The first kappa shape index (κ1) is 21.1. The smallest absolute Gasteiger partial charge is 0.191 e. The third-order valence-electron chi connectivity index (χ3n) is 5.67. The number of methoxy groups -OCH3 is 2. The van der Waals surface area contributed by atoms with Crippen LogP contribution in [0.1, 0.15) is 30.9 Å². The summed E-state index contributed by atoms with van der Waals surface area (Å²) in [5, 5.41) is 6.97. The number of nitrogens with one attached hydrogen (secondary N) is 2. The van der Waals surface area contributed by atoms with Crippen molar-refractivity contribution in [2.75, 3.05) is 53.2 Å². The molecule has 156 valence electrons. The number of aliphatic imine (C=N–C) groups is 1. The van der Waals surface area contributed by atoms with E-state index in [9.17, 15) is 0 Å². The summed E-state index contributed by atoms with van der Waals surface area (Å²) in [6, 6.07) is 4.24. The minimum absolute atomic E-state index is 0.342. The highest BCUT2D eigenvalue weighted by atomic mass is 32.2. The Kier molecular flexibility index (Phi) is 7.35. The number of benzene rings is 1. The monoisotopic (exact) mass is 406 g/mol. The van der Waals surface area contributed by atoms with E-state index in [-0.39, 0.29) is 0 Å².